The maximum absolute atomic E-state index is 12.6. The summed E-state index contributed by atoms with van der Waals surface area (Å²) < 4.78 is 0. The average Bonchev–Trinajstić information content (AvgIpc) is 2.73. The number of aliphatic hydroxyl groups excluding tert-OH is 1. The van der Waals surface area contributed by atoms with Crippen LogP contribution < -0.4 is 10.6 Å². The van der Waals surface area contributed by atoms with Crippen molar-refractivity contribution in [3.05, 3.63) is 71.8 Å². The summed E-state index contributed by atoms with van der Waals surface area (Å²) >= 11 is 0. The van der Waals surface area contributed by atoms with Gasteiger partial charge >= 0.3 is 6.03 Å². The fourth-order valence-corrected chi connectivity index (χ4v) is 3.23. The van der Waals surface area contributed by atoms with E-state index in [1.807, 2.05) is 72.5 Å². The monoisotopic (exact) mass is 397 g/mol. The van der Waals surface area contributed by atoms with Crippen LogP contribution in [0.2, 0.25) is 0 Å². The molecule has 2 aromatic carbocycles. The van der Waals surface area contributed by atoms with Crippen LogP contribution in [0.4, 0.5) is 4.79 Å². The molecule has 0 bridgehead atoms. The first-order valence-corrected chi connectivity index (χ1v) is 10.2. The Morgan fingerprint density at radius 2 is 1.55 bits per heavy atom. The standard InChI is InChI=1S/C23H31N3O3/c1-2-3-15-24-23(29)25-21(28)18-26(16-10-17-27)22(19-11-6-4-7-12-19)20-13-8-5-9-14-20/h4-9,11-14,22,27H,2-3,10,15-18H2,1H3,(H2,24,25,28,29). The van der Waals surface area contributed by atoms with Crippen molar-refractivity contribution in [1.29, 1.82) is 0 Å². The van der Waals surface area contributed by atoms with Crippen LogP contribution in [0.15, 0.2) is 60.7 Å². The Bertz CT molecular complexity index is 698. The lowest BCUT2D eigenvalue weighted by Gasteiger charge is -2.32. The molecule has 0 saturated heterocycles. The summed E-state index contributed by atoms with van der Waals surface area (Å²) in [5.41, 5.74) is 2.11. The molecule has 0 aromatic heterocycles. The van der Waals surface area contributed by atoms with Crippen LogP contribution in [0.25, 0.3) is 0 Å². The fourth-order valence-electron chi connectivity index (χ4n) is 3.23. The number of rotatable bonds is 11. The molecule has 6 heteroatoms. The quantitative estimate of drug-likeness (QED) is 0.509. The molecule has 2 rings (SSSR count). The number of imide groups is 1. The van der Waals surface area contributed by atoms with Crippen molar-refractivity contribution in [2.45, 2.75) is 32.2 Å². The molecule has 0 heterocycles. The Morgan fingerprint density at radius 1 is 0.966 bits per heavy atom. The number of hydrogen-bond acceptors (Lipinski definition) is 4. The zero-order chi connectivity index (χ0) is 20.9. The molecular formula is C23H31N3O3. The number of nitrogens with one attached hydrogen (secondary N) is 2. The minimum Gasteiger partial charge on any atom is -0.396 e. The third-order valence-corrected chi connectivity index (χ3v) is 4.61. The molecule has 0 unspecified atom stereocenters. The van der Waals surface area contributed by atoms with Gasteiger partial charge in [0.15, 0.2) is 0 Å². The van der Waals surface area contributed by atoms with Crippen LogP contribution in [0.1, 0.15) is 43.4 Å². The van der Waals surface area contributed by atoms with E-state index < -0.39 is 6.03 Å². The maximum atomic E-state index is 12.6. The topological polar surface area (TPSA) is 81.7 Å². The normalized spacial score (nSPS) is 10.9. The Kier molecular flexibility index (Phi) is 9.89. The predicted octanol–water partition coefficient (Wildman–Crippen LogP) is 3.09. The van der Waals surface area contributed by atoms with Crippen LogP contribution in [-0.2, 0) is 4.79 Å². The number of aliphatic hydroxyl groups is 1. The van der Waals surface area contributed by atoms with E-state index in [4.69, 9.17) is 0 Å². The van der Waals surface area contributed by atoms with Crippen molar-refractivity contribution in [2.75, 3.05) is 26.2 Å². The molecule has 6 nitrogen and oxygen atoms in total. The summed E-state index contributed by atoms with van der Waals surface area (Å²) in [6.45, 7) is 3.19. The van der Waals surface area contributed by atoms with E-state index in [2.05, 4.69) is 10.6 Å². The van der Waals surface area contributed by atoms with Gasteiger partial charge in [-0.15, -0.1) is 0 Å². The zero-order valence-electron chi connectivity index (χ0n) is 17.0. The van der Waals surface area contributed by atoms with Gasteiger partial charge in [-0.05, 0) is 24.0 Å². The molecule has 29 heavy (non-hydrogen) atoms. The van der Waals surface area contributed by atoms with Crippen LogP contribution >= 0.6 is 0 Å². The van der Waals surface area contributed by atoms with Gasteiger partial charge in [-0.2, -0.15) is 0 Å². The highest BCUT2D eigenvalue weighted by Gasteiger charge is 2.24. The van der Waals surface area contributed by atoms with E-state index in [-0.39, 0.29) is 25.1 Å². The van der Waals surface area contributed by atoms with Gasteiger partial charge in [-0.3, -0.25) is 15.0 Å². The second-order valence-electron chi connectivity index (χ2n) is 6.93. The minimum atomic E-state index is -0.471. The third kappa shape index (κ3) is 7.68. The van der Waals surface area contributed by atoms with Gasteiger partial charge in [-0.25, -0.2) is 4.79 Å². The number of benzene rings is 2. The lowest BCUT2D eigenvalue weighted by atomic mass is 9.96. The molecule has 0 saturated carbocycles. The second-order valence-corrected chi connectivity index (χ2v) is 6.93. The Hall–Kier alpha value is -2.70. The van der Waals surface area contributed by atoms with Crippen molar-refractivity contribution in [1.82, 2.24) is 15.5 Å². The first-order valence-electron chi connectivity index (χ1n) is 10.2. The van der Waals surface area contributed by atoms with Gasteiger partial charge < -0.3 is 10.4 Å². The molecule has 0 atom stereocenters. The lowest BCUT2D eigenvalue weighted by Crippen LogP contribution is -2.46. The number of hydrogen-bond donors (Lipinski definition) is 3. The summed E-state index contributed by atoms with van der Waals surface area (Å²) in [4.78, 5) is 26.5. The second kappa shape index (κ2) is 12.7. The Balaban J connectivity index is 2.18. The maximum Gasteiger partial charge on any atom is 0.321 e. The van der Waals surface area contributed by atoms with E-state index in [1.165, 1.54) is 0 Å². The molecule has 156 valence electrons. The van der Waals surface area contributed by atoms with E-state index in [0.717, 1.165) is 24.0 Å². The van der Waals surface area contributed by atoms with Gasteiger partial charge in [0.25, 0.3) is 0 Å². The SMILES string of the molecule is CCCCNC(=O)NC(=O)CN(CCCO)C(c1ccccc1)c1ccccc1. The summed E-state index contributed by atoms with van der Waals surface area (Å²) in [6.07, 6.45) is 2.37. The minimum absolute atomic E-state index is 0.0337. The van der Waals surface area contributed by atoms with E-state index in [0.29, 0.717) is 19.5 Å². The van der Waals surface area contributed by atoms with Crippen molar-refractivity contribution >= 4 is 11.9 Å². The molecule has 0 spiro atoms. The number of nitrogens with zero attached hydrogens (tertiary/aromatic N) is 1. The van der Waals surface area contributed by atoms with E-state index >= 15 is 0 Å². The smallest absolute Gasteiger partial charge is 0.321 e. The van der Waals surface area contributed by atoms with Crippen molar-refractivity contribution < 1.29 is 14.7 Å². The van der Waals surface area contributed by atoms with Crippen LogP contribution in [0.5, 0.6) is 0 Å². The molecule has 0 fully saturated rings. The largest absolute Gasteiger partial charge is 0.396 e. The molecule has 0 aliphatic rings. The van der Waals surface area contributed by atoms with Crippen LogP contribution in [-0.4, -0.2) is 48.2 Å². The Morgan fingerprint density at radius 3 is 2.07 bits per heavy atom. The van der Waals surface area contributed by atoms with Crippen molar-refractivity contribution in [3.8, 4) is 0 Å². The summed E-state index contributed by atoms with van der Waals surface area (Å²) in [5, 5.41) is 14.5. The van der Waals surface area contributed by atoms with Crippen LogP contribution in [0, 0.1) is 0 Å². The average molecular weight is 398 g/mol. The summed E-state index contributed by atoms with van der Waals surface area (Å²) in [5.74, 6) is -0.367. The van der Waals surface area contributed by atoms with Gasteiger partial charge in [0, 0.05) is 19.7 Å². The molecular weight excluding hydrogens is 366 g/mol. The highest BCUT2D eigenvalue weighted by molar-refractivity contribution is 5.95. The number of amides is 3. The van der Waals surface area contributed by atoms with Crippen molar-refractivity contribution in [2.24, 2.45) is 0 Å². The number of unbranched alkanes of at least 4 members (excludes halogenated alkanes) is 1. The Labute approximate surface area is 172 Å². The highest BCUT2D eigenvalue weighted by atomic mass is 16.3. The first-order chi connectivity index (χ1) is 14.2. The number of carbonyl (C=O) groups excluding carboxylic acids is 2. The fraction of sp³-hybridized carbons (Fsp3) is 0.391. The van der Waals surface area contributed by atoms with Gasteiger partial charge in [0.1, 0.15) is 0 Å². The number of urea groups is 1. The molecule has 3 N–H and O–H groups in total. The van der Waals surface area contributed by atoms with E-state index in [1.54, 1.807) is 0 Å². The predicted molar refractivity (Wildman–Crippen MR) is 114 cm³/mol. The molecule has 0 aliphatic carbocycles. The molecule has 0 radical (unpaired) electrons. The summed E-state index contributed by atoms with van der Waals surface area (Å²) in [6, 6.07) is 19.3. The van der Waals surface area contributed by atoms with Gasteiger partial charge in [0.05, 0.1) is 12.6 Å². The van der Waals surface area contributed by atoms with Crippen molar-refractivity contribution in [3.63, 3.8) is 0 Å². The first kappa shape index (κ1) is 22.6. The molecule has 3 amide bonds. The molecule has 2 aromatic rings. The van der Waals surface area contributed by atoms with Gasteiger partial charge in [-0.1, -0.05) is 74.0 Å². The van der Waals surface area contributed by atoms with Gasteiger partial charge in [0.2, 0.25) is 5.91 Å². The van der Waals surface area contributed by atoms with Crippen LogP contribution in [0.3, 0.4) is 0 Å². The summed E-state index contributed by atoms with van der Waals surface area (Å²) in [7, 11) is 0. The highest BCUT2D eigenvalue weighted by Crippen LogP contribution is 2.28. The van der Waals surface area contributed by atoms with E-state index in [9.17, 15) is 14.7 Å². The zero-order valence-corrected chi connectivity index (χ0v) is 17.0. The lowest BCUT2D eigenvalue weighted by molar-refractivity contribution is -0.121. The number of carbonyl (C=O) groups is 2. The molecule has 0 aliphatic heterocycles. The third-order valence-electron chi connectivity index (χ3n) is 4.61.